The molecule has 0 saturated carbocycles. The fourth-order valence-electron chi connectivity index (χ4n) is 3.82. The number of hydrogen-bond donors (Lipinski definition) is 0. The van der Waals surface area contributed by atoms with E-state index in [1.54, 1.807) is 28.6 Å². The van der Waals surface area contributed by atoms with Crippen LogP contribution < -0.4 is 4.90 Å². The van der Waals surface area contributed by atoms with Crippen molar-refractivity contribution in [2.75, 3.05) is 37.6 Å². The monoisotopic (exact) mass is 401 g/mol. The zero-order valence-corrected chi connectivity index (χ0v) is 16.7. The quantitative estimate of drug-likeness (QED) is 0.788. The Labute approximate surface area is 165 Å². The zero-order chi connectivity index (χ0) is 19.7. The van der Waals surface area contributed by atoms with Crippen molar-refractivity contribution < 1.29 is 12.8 Å². The van der Waals surface area contributed by atoms with Crippen LogP contribution >= 0.6 is 0 Å². The Hall–Kier alpha value is -2.54. The highest BCUT2D eigenvalue weighted by Crippen LogP contribution is 2.33. The molecular weight excluding hydrogens is 377 g/mol. The molecule has 28 heavy (non-hydrogen) atoms. The predicted molar refractivity (Wildman–Crippen MR) is 109 cm³/mol. The maximum atomic E-state index is 13.2. The number of hydrogen-bond acceptors (Lipinski definition) is 4. The second-order valence-electron chi connectivity index (χ2n) is 7.07. The van der Waals surface area contributed by atoms with E-state index in [-0.39, 0.29) is 5.82 Å². The van der Waals surface area contributed by atoms with Crippen molar-refractivity contribution in [1.29, 1.82) is 0 Å². The van der Waals surface area contributed by atoms with Gasteiger partial charge in [-0.2, -0.15) is 0 Å². The number of benzene rings is 2. The second kappa shape index (κ2) is 7.47. The summed E-state index contributed by atoms with van der Waals surface area (Å²) in [5.41, 5.74) is 1.73. The first-order valence-electron chi connectivity index (χ1n) is 9.59. The minimum Gasteiger partial charge on any atom is -0.368 e. The Bertz CT molecular complexity index is 981. The van der Waals surface area contributed by atoms with Crippen LogP contribution in [0.25, 0.3) is 6.08 Å². The second-order valence-corrected chi connectivity index (χ2v) is 8.90. The largest absolute Gasteiger partial charge is 0.368 e. The minimum absolute atomic E-state index is 0.242. The lowest BCUT2D eigenvalue weighted by Gasteiger charge is -2.42. The number of fused-ring (bicyclic) bond motifs is 1. The molecule has 0 N–H and O–H groups in total. The molecule has 2 aliphatic heterocycles. The van der Waals surface area contributed by atoms with E-state index in [0.29, 0.717) is 24.5 Å². The Kier molecular flexibility index (Phi) is 5.02. The van der Waals surface area contributed by atoms with Gasteiger partial charge in [0, 0.05) is 38.4 Å². The number of rotatable bonds is 4. The van der Waals surface area contributed by atoms with Gasteiger partial charge in [-0.25, -0.2) is 12.8 Å². The van der Waals surface area contributed by atoms with Crippen LogP contribution in [-0.2, 0) is 10.0 Å². The molecule has 0 atom stereocenters. The summed E-state index contributed by atoms with van der Waals surface area (Å²) in [7, 11) is -3.55. The fourth-order valence-corrected chi connectivity index (χ4v) is 5.57. The van der Waals surface area contributed by atoms with E-state index < -0.39 is 10.0 Å². The van der Waals surface area contributed by atoms with Gasteiger partial charge >= 0.3 is 0 Å². The molecule has 2 aromatic carbocycles. The molecular formula is C21H24FN3O2S. The first-order chi connectivity index (χ1) is 13.5. The van der Waals surface area contributed by atoms with Crippen LogP contribution in [0.15, 0.2) is 59.2 Å². The van der Waals surface area contributed by atoms with Gasteiger partial charge in [0.2, 0.25) is 0 Å². The molecule has 0 spiro atoms. The average Bonchev–Trinajstić information content (AvgIpc) is 2.71. The fraction of sp³-hybridized carbons (Fsp3) is 0.333. The molecule has 2 aromatic rings. The molecule has 1 fully saturated rings. The summed E-state index contributed by atoms with van der Waals surface area (Å²) in [5.74, 6) is 0.508. The van der Waals surface area contributed by atoms with Gasteiger partial charge in [-0.3, -0.25) is 4.31 Å². The van der Waals surface area contributed by atoms with E-state index in [1.807, 2.05) is 25.1 Å². The van der Waals surface area contributed by atoms with Gasteiger partial charge in [0.05, 0.1) is 4.90 Å². The molecule has 148 valence electrons. The van der Waals surface area contributed by atoms with Gasteiger partial charge < -0.3 is 9.80 Å². The summed E-state index contributed by atoms with van der Waals surface area (Å²) in [6.45, 7) is 5.37. The number of piperazine rings is 1. The lowest BCUT2D eigenvalue weighted by Crippen LogP contribution is -2.50. The third-order valence-electron chi connectivity index (χ3n) is 5.25. The van der Waals surface area contributed by atoms with Gasteiger partial charge in [0.25, 0.3) is 10.0 Å². The summed E-state index contributed by atoms with van der Waals surface area (Å²) in [4.78, 5) is 4.71. The van der Waals surface area contributed by atoms with Crippen LogP contribution in [0, 0.1) is 5.82 Å². The van der Waals surface area contributed by atoms with Crippen molar-refractivity contribution >= 4 is 21.8 Å². The van der Waals surface area contributed by atoms with Crippen LogP contribution in [0.3, 0.4) is 0 Å². The Morgan fingerprint density at radius 2 is 1.57 bits per heavy atom. The third-order valence-corrected chi connectivity index (χ3v) is 7.13. The normalized spacial score (nSPS) is 18.6. The standard InChI is InChI=1S/C21H24FN3O2S/c1-2-11-25-21(16-17-5-3-4-6-20(17)28(25,26)27)24-14-12-23(13-15-24)19-9-7-18(22)8-10-19/h3-10,16H,2,11-15H2,1H3. The van der Waals surface area contributed by atoms with Gasteiger partial charge in [0.15, 0.2) is 0 Å². The van der Waals surface area contributed by atoms with Crippen LogP contribution in [0.5, 0.6) is 0 Å². The van der Waals surface area contributed by atoms with Crippen molar-refractivity contribution in [3.63, 3.8) is 0 Å². The van der Waals surface area contributed by atoms with Crippen LogP contribution in [-0.4, -0.2) is 50.3 Å². The molecule has 2 aliphatic rings. The smallest absolute Gasteiger partial charge is 0.266 e. The number of sulfonamides is 1. The molecule has 0 radical (unpaired) electrons. The first-order valence-corrected chi connectivity index (χ1v) is 11.0. The van der Waals surface area contributed by atoms with Crippen LogP contribution in [0.2, 0.25) is 0 Å². The van der Waals surface area contributed by atoms with E-state index in [4.69, 9.17) is 0 Å². The molecule has 0 amide bonds. The first kappa shape index (κ1) is 18.8. The van der Waals surface area contributed by atoms with Crippen LogP contribution in [0.4, 0.5) is 10.1 Å². The van der Waals surface area contributed by atoms with Gasteiger partial charge in [0.1, 0.15) is 11.6 Å². The number of halogens is 1. The van der Waals surface area contributed by atoms with Crippen molar-refractivity contribution in [3.8, 4) is 0 Å². The van der Waals surface area contributed by atoms with E-state index in [0.717, 1.165) is 36.6 Å². The summed E-state index contributed by atoms with van der Waals surface area (Å²) in [6, 6.07) is 13.7. The lowest BCUT2D eigenvalue weighted by molar-refractivity contribution is 0.258. The molecule has 0 aliphatic carbocycles. The SMILES string of the molecule is CCCN1C(N2CCN(c3ccc(F)cc3)CC2)=Cc2ccccc2S1(=O)=O. The molecule has 5 nitrogen and oxygen atoms in total. The molecule has 4 rings (SSSR count). The van der Waals surface area contributed by atoms with Crippen molar-refractivity contribution in [1.82, 2.24) is 9.21 Å². The minimum atomic E-state index is -3.55. The molecule has 0 unspecified atom stereocenters. The maximum absolute atomic E-state index is 13.2. The summed E-state index contributed by atoms with van der Waals surface area (Å²) >= 11 is 0. The topological polar surface area (TPSA) is 43.9 Å². The highest BCUT2D eigenvalue weighted by Gasteiger charge is 2.35. The third kappa shape index (κ3) is 3.35. The molecule has 0 aromatic heterocycles. The van der Waals surface area contributed by atoms with Gasteiger partial charge in [-0.1, -0.05) is 25.1 Å². The lowest BCUT2D eigenvalue weighted by atomic mass is 10.2. The summed E-state index contributed by atoms with van der Waals surface area (Å²) in [6.07, 6.45) is 2.73. The average molecular weight is 402 g/mol. The highest BCUT2D eigenvalue weighted by molar-refractivity contribution is 7.89. The Morgan fingerprint density at radius 1 is 0.929 bits per heavy atom. The van der Waals surface area contributed by atoms with Gasteiger partial charge in [-0.15, -0.1) is 0 Å². The maximum Gasteiger partial charge on any atom is 0.266 e. The molecule has 2 heterocycles. The molecule has 1 saturated heterocycles. The van der Waals surface area contributed by atoms with E-state index >= 15 is 0 Å². The number of nitrogens with zero attached hydrogens (tertiary/aromatic N) is 3. The van der Waals surface area contributed by atoms with E-state index in [9.17, 15) is 12.8 Å². The summed E-state index contributed by atoms with van der Waals surface area (Å²) < 4.78 is 41.1. The van der Waals surface area contributed by atoms with Crippen LogP contribution in [0.1, 0.15) is 18.9 Å². The predicted octanol–water partition coefficient (Wildman–Crippen LogP) is 3.36. The Balaban J connectivity index is 1.59. The zero-order valence-electron chi connectivity index (χ0n) is 15.9. The Morgan fingerprint density at radius 3 is 2.25 bits per heavy atom. The highest BCUT2D eigenvalue weighted by atomic mass is 32.2. The van der Waals surface area contributed by atoms with Gasteiger partial charge in [-0.05, 0) is 48.4 Å². The van der Waals surface area contributed by atoms with Crippen molar-refractivity contribution in [2.24, 2.45) is 0 Å². The van der Waals surface area contributed by atoms with Crippen molar-refractivity contribution in [3.05, 3.63) is 65.7 Å². The van der Waals surface area contributed by atoms with E-state index in [1.165, 1.54) is 12.1 Å². The number of anilines is 1. The summed E-state index contributed by atoms with van der Waals surface area (Å²) in [5, 5.41) is 0. The van der Waals surface area contributed by atoms with E-state index in [2.05, 4.69) is 9.80 Å². The van der Waals surface area contributed by atoms with Crippen molar-refractivity contribution in [2.45, 2.75) is 18.2 Å². The molecule has 7 heteroatoms. The molecule has 0 bridgehead atoms.